The monoisotopic (exact) mass is 697 g/mol. The number of hydrazine groups is 2. The van der Waals surface area contributed by atoms with E-state index in [1.165, 1.54) is 14.9 Å². The van der Waals surface area contributed by atoms with Gasteiger partial charge in [-0.25, -0.2) is 10.4 Å². The molecule has 0 aliphatic carbocycles. The average molecular weight is 698 g/mol. The van der Waals surface area contributed by atoms with E-state index < -0.39 is 47.3 Å². The molecule has 0 unspecified atom stereocenters. The van der Waals surface area contributed by atoms with Crippen LogP contribution in [0.25, 0.3) is 17.0 Å². The van der Waals surface area contributed by atoms with Crippen molar-refractivity contribution in [3.8, 4) is 0 Å². The summed E-state index contributed by atoms with van der Waals surface area (Å²) in [4.78, 5) is 74.5. The first-order valence-electron chi connectivity index (χ1n) is 17.3. The molecule has 2 aliphatic rings. The molecule has 13 heteroatoms. The van der Waals surface area contributed by atoms with Crippen LogP contribution in [0.15, 0.2) is 66.7 Å². The largest absolute Gasteiger partial charge is 0.451 e. The normalized spacial score (nSPS) is 22.3. The Bertz CT molecular complexity index is 1810. The lowest BCUT2D eigenvalue weighted by atomic mass is 9.92. The Labute approximate surface area is 298 Å². The molecule has 3 heterocycles. The first-order valence-corrected chi connectivity index (χ1v) is 17.3. The van der Waals surface area contributed by atoms with E-state index in [9.17, 15) is 24.0 Å². The van der Waals surface area contributed by atoms with Gasteiger partial charge in [0, 0.05) is 38.1 Å². The third kappa shape index (κ3) is 8.90. The SMILES string of the molecule is CC(C)[C@@H]1OC(=O)C(C)(C)/C=C/c2ccc3ccc(nc3c2)N(C)NC(=O)[C@@H]2CCCN(N2)C(=O)[C@H](CCC(=O)N(C)c2ccccc2)NC1=O. The number of pyridine rings is 1. The van der Waals surface area contributed by atoms with Gasteiger partial charge in [0.05, 0.1) is 10.9 Å². The number of ether oxygens (including phenoxy) is 1. The maximum absolute atomic E-state index is 14.1. The molecule has 3 atom stereocenters. The number of fused-ring (bicyclic) bond motifs is 4. The maximum atomic E-state index is 14.1. The first-order chi connectivity index (χ1) is 24.2. The summed E-state index contributed by atoms with van der Waals surface area (Å²) in [5, 5.41) is 6.53. The fourth-order valence-electron chi connectivity index (χ4n) is 5.91. The highest BCUT2D eigenvalue weighted by Gasteiger charge is 2.37. The number of esters is 1. The van der Waals surface area contributed by atoms with Crippen molar-refractivity contribution in [2.45, 2.75) is 71.6 Å². The molecule has 5 rings (SSSR count). The number of anilines is 2. The molecule has 3 N–H and O–H groups in total. The molecule has 4 amide bonds. The number of rotatable bonds is 5. The summed E-state index contributed by atoms with van der Waals surface area (Å²) >= 11 is 0. The van der Waals surface area contributed by atoms with Crippen LogP contribution < -0.4 is 26.1 Å². The van der Waals surface area contributed by atoms with Crippen molar-refractivity contribution in [3.05, 3.63) is 72.3 Å². The number of carbonyl (C=O) groups excluding carboxylic acids is 5. The Morgan fingerprint density at radius 3 is 2.49 bits per heavy atom. The number of nitrogens with zero attached hydrogens (tertiary/aromatic N) is 4. The molecule has 0 saturated carbocycles. The van der Waals surface area contributed by atoms with E-state index in [0.29, 0.717) is 29.9 Å². The van der Waals surface area contributed by atoms with Crippen molar-refractivity contribution < 1.29 is 28.7 Å². The van der Waals surface area contributed by atoms with Gasteiger partial charge in [0.15, 0.2) is 6.10 Å². The van der Waals surface area contributed by atoms with E-state index >= 15 is 0 Å². The minimum Gasteiger partial charge on any atom is -0.451 e. The highest BCUT2D eigenvalue weighted by molar-refractivity contribution is 5.95. The van der Waals surface area contributed by atoms with Crippen LogP contribution >= 0.6 is 0 Å². The van der Waals surface area contributed by atoms with Gasteiger partial charge in [0.1, 0.15) is 17.9 Å². The fourth-order valence-corrected chi connectivity index (χ4v) is 5.91. The van der Waals surface area contributed by atoms with E-state index in [4.69, 9.17) is 9.72 Å². The van der Waals surface area contributed by atoms with Gasteiger partial charge >= 0.3 is 5.97 Å². The van der Waals surface area contributed by atoms with Crippen molar-refractivity contribution in [2.24, 2.45) is 11.3 Å². The van der Waals surface area contributed by atoms with Crippen molar-refractivity contribution in [1.29, 1.82) is 0 Å². The minimum atomic E-state index is -1.22. The molecule has 5 bridgehead atoms. The Morgan fingerprint density at radius 1 is 1.04 bits per heavy atom. The summed E-state index contributed by atoms with van der Waals surface area (Å²) in [6.45, 7) is 7.18. The molecule has 0 spiro atoms. The van der Waals surface area contributed by atoms with E-state index in [1.807, 2.05) is 42.5 Å². The molecular formula is C38H47N7O6. The summed E-state index contributed by atoms with van der Waals surface area (Å²) in [6.07, 6.45) is 3.18. The second-order valence-corrected chi connectivity index (χ2v) is 14.0. The number of nitrogens with one attached hydrogen (secondary N) is 3. The third-order valence-corrected chi connectivity index (χ3v) is 9.19. The Morgan fingerprint density at radius 2 is 1.76 bits per heavy atom. The molecule has 0 radical (unpaired) electrons. The number of para-hydroxylation sites is 1. The van der Waals surface area contributed by atoms with Gasteiger partial charge < -0.3 is 15.0 Å². The Hall–Kier alpha value is -5.30. The van der Waals surface area contributed by atoms with Crippen LogP contribution in [0.3, 0.4) is 0 Å². The molecule has 3 aromatic rings. The second kappa shape index (κ2) is 15.7. The van der Waals surface area contributed by atoms with Crippen LogP contribution in [0.4, 0.5) is 11.5 Å². The van der Waals surface area contributed by atoms with Crippen molar-refractivity contribution in [2.75, 3.05) is 30.5 Å². The smallest absolute Gasteiger partial charge is 0.316 e. The maximum Gasteiger partial charge on any atom is 0.316 e. The highest BCUT2D eigenvalue weighted by atomic mass is 16.5. The van der Waals surface area contributed by atoms with Crippen LogP contribution in [0.5, 0.6) is 0 Å². The van der Waals surface area contributed by atoms with Gasteiger partial charge in [-0.2, -0.15) is 0 Å². The van der Waals surface area contributed by atoms with Crippen molar-refractivity contribution in [3.63, 3.8) is 0 Å². The molecule has 1 saturated heterocycles. The zero-order chi connectivity index (χ0) is 36.9. The van der Waals surface area contributed by atoms with Crippen LogP contribution in [0.1, 0.15) is 58.9 Å². The molecular weight excluding hydrogens is 650 g/mol. The Balaban J connectivity index is 1.47. The summed E-state index contributed by atoms with van der Waals surface area (Å²) in [6, 6.07) is 16.6. The van der Waals surface area contributed by atoms with E-state index in [1.54, 1.807) is 72.1 Å². The number of cyclic esters (lactones) is 1. The van der Waals surface area contributed by atoms with Crippen molar-refractivity contribution >= 4 is 58.1 Å². The molecule has 1 fully saturated rings. The molecule has 1 aromatic heterocycles. The Kier molecular flexibility index (Phi) is 11.4. The third-order valence-electron chi connectivity index (χ3n) is 9.19. The zero-order valence-electron chi connectivity index (χ0n) is 30.0. The summed E-state index contributed by atoms with van der Waals surface area (Å²) < 4.78 is 5.84. The molecule has 51 heavy (non-hydrogen) atoms. The molecule has 270 valence electrons. The average Bonchev–Trinajstić information content (AvgIpc) is 3.13. The lowest BCUT2D eigenvalue weighted by Crippen LogP contribution is -2.62. The van der Waals surface area contributed by atoms with Crippen molar-refractivity contribution in [1.82, 2.24) is 26.2 Å². The molecule has 2 aromatic carbocycles. The lowest BCUT2D eigenvalue weighted by Gasteiger charge is -2.36. The predicted octanol–water partition coefficient (Wildman–Crippen LogP) is 3.75. The summed E-state index contributed by atoms with van der Waals surface area (Å²) in [7, 11) is 3.33. The first kappa shape index (κ1) is 37.0. The van der Waals surface area contributed by atoms with E-state index in [2.05, 4.69) is 16.2 Å². The number of hydrogen-bond acceptors (Lipinski definition) is 9. The van der Waals surface area contributed by atoms with E-state index in [-0.39, 0.29) is 31.2 Å². The zero-order valence-corrected chi connectivity index (χ0v) is 30.0. The van der Waals surface area contributed by atoms with E-state index in [0.717, 1.165) is 10.9 Å². The van der Waals surface area contributed by atoms with Crippen LogP contribution in [0, 0.1) is 11.3 Å². The number of benzene rings is 2. The van der Waals surface area contributed by atoms with Gasteiger partial charge in [-0.05, 0) is 74.9 Å². The second-order valence-electron chi connectivity index (χ2n) is 14.0. The fraction of sp³-hybridized carbons (Fsp3) is 0.421. The van der Waals surface area contributed by atoms with Gasteiger partial charge in [0.25, 0.3) is 17.7 Å². The van der Waals surface area contributed by atoms with Gasteiger partial charge in [-0.3, -0.25) is 39.4 Å². The number of aromatic nitrogens is 1. The molecule has 2 aliphatic heterocycles. The van der Waals surface area contributed by atoms with Crippen LogP contribution in [0.2, 0.25) is 0 Å². The standard InChI is InChI=1S/C38H47N7O6/c1-24(2)33-35(48)40-29(17-19-32(46)43(5)27-11-8-7-9-12-27)36(49)45-22-10-13-28(41-45)34(47)42-44(6)31-18-16-26-15-14-25(23-30(26)39-31)20-21-38(3,4)37(50)51-33/h7-9,11-12,14-16,18,20-21,23-24,28-29,33,41H,10,13,17,19,22H2,1-6H3,(H,40,48)(H,42,47)/b21-20+/t28-,29-,33-/m0/s1. The topological polar surface area (TPSA) is 153 Å². The number of carbonyl (C=O) groups is 5. The highest BCUT2D eigenvalue weighted by Crippen LogP contribution is 2.26. The number of amides is 4. The number of hydrogen-bond donors (Lipinski definition) is 3. The lowest BCUT2D eigenvalue weighted by molar-refractivity contribution is -0.165. The summed E-state index contributed by atoms with van der Waals surface area (Å²) in [5.74, 6) is -2.34. The quantitative estimate of drug-likeness (QED) is 0.339. The van der Waals surface area contributed by atoms with Crippen LogP contribution in [-0.4, -0.2) is 78.4 Å². The van der Waals surface area contributed by atoms with Gasteiger partial charge in [0.2, 0.25) is 5.91 Å². The van der Waals surface area contributed by atoms with Crippen LogP contribution in [-0.2, 0) is 28.7 Å². The summed E-state index contributed by atoms with van der Waals surface area (Å²) in [5.41, 5.74) is 6.95. The molecule has 13 nitrogen and oxygen atoms in total. The minimum absolute atomic E-state index is 0.0298. The predicted molar refractivity (Wildman–Crippen MR) is 195 cm³/mol. The van der Waals surface area contributed by atoms with Gasteiger partial charge in [-0.15, -0.1) is 0 Å². The van der Waals surface area contributed by atoms with Gasteiger partial charge in [-0.1, -0.05) is 56.3 Å².